The largest absolute Gasteiger partial charge is 0.399 e. The number of nitrogens with one attached hydrogen (secondary N) is 2. The van der Waals surface area contributed by atoms with Crippen molar-refractivity contribution in [1.29, 1.82) is 0 Å². The number of rotatable bonds is 5. The minimum Gasteiger partial charge on any atom is -0.399 e. The van der Waals surface area contributed by atoms with E-state index >= 15 is 0 Å². The fraction of sp³-hybridized carbons (Fsp3) is 0.200. The van der Waals surface area contributed by atoms with Crippen LogP contribution in [0.1, 0.15) is 6.92 Å². The second-order valence-electron chi connectivity index (χ2n) is 4.68. The number of anilines is 4. The Morgan fingerprint density at radius 2 is 1.50 bits per heavy atom. The quantitative estimate of drug-likeness (QED) is 0.639. The summed E-state index contributed by atoms with van der Waals surface area (Å²) in [5.74, 6) is 0. The Kier molecular flexibility index (Phi) is 6.00. The Morgan fingerprint density at radius 1 is 0.950 bits per heavy atom. The van der Waals surface area contributed by atoms with Gasteiger partial charge >= 0.3 is 0 Å². The first-order valence-electron chi connectivity index (χ1n) is 6.35. The summed E-state index contributed by atoms with van der Waals surface area (Å²) in [6, 6.07) is 15.8. The molecule has 0 amide bonds. The second-order valence-corrected chi connectivity index (χ2v) is 4.68. The van der Waals surface area contributed by atoms with Gasteiger partial charge in [0.1, 0.15) is 0 Å². The smallest absolute Gasteiger partial charge is 0.0405 e. The first-order valence-corrected chi connectivity index (χ1v) is 6.35. The van der Waals surface area contributed by atoms with Gasteiger partial charge in [-0.25, -0.2) is 0 Å². The molecule has 6 N–H and O–H groups in total. The highest BCUT2D eigenvalue weighted by molar-refractivity contribution is 5.85. The van der Waals surface area contributed by atoms with Gasteiger partial charge < -0.3 is 22.1 Å². The highest BCUT2D eigenvalue weighted by Crippen LogP contribution is 2.14. The predicted molar refractivity (Wildman–Crippen MR) is 90.5 cm³/mol. The molecule has 0 aromatic heterocycles. The molecule has 1 unspecified atom stereocenters. The maximum Gasteiger partial charge on any atom is 0.0405 e. The van der Waals surface area contributed by atoms with Gasteiger partial charge in [-0.2, -0.15) is 0 Å². The second kappa shape index (κ2) is 7.50. The van der Waals surface area contributed by atoms with Crippen LogP contribution in [0.2, 0.25) is 0 Å². The van der Waals surface area contributed by atoms with E-state index in [1.54, 1.807) is 0 Å². The van der Waals surface area contributed by atoms with Crippen LogP contribution in [0, 0.1) is 0 Å². The Balaban J connectivity index is 0.00000200. The number of benzene rings is 2. The van der Waals surface area contributed by atoms with Crippen molar-refractivity contribution in [2.75, 3.05) is 28.6 Å². The molecule has 108 valence electrons. The highest BCUT2D eigenvalue weighted by atomic mass is 35.5. The normalized spacial score (nSPS) is 11.2. The fourth-order valence-corrected chi connectivity index (χ4v) is 1.88. The van der Waals surface area contributed by atoms with Crippen LogP contribution in [0.4, 0.5) is 22.7 Å². The summed E-state index contributed by atoms with van der Waals surface area (Å²) in [5, 5.41) is 6.74. The standard InChI is InChI=1S/C15H20N4.ClH/c1-11(19-15-7-3-5-13(17)9-15)10-18-14-6-2-4-12(16)8-14;/h2-9,11,18-19H,10,16-17H2,1H3;1H. The molecule has 2 rings (SSSR count). The van der Waals surface area contributed by atoms with Crippen molar-refractivity contribution in [2.45, 2.75) is 13.0 Å². The molecule has 4 nitrogen and oxygen atoms in total. The Morgan fingerprint density at radius 3 is 2.10 bits per heavy atom. The van der Waals surface area contributed by atoms with Crippen molar-refractivity contribution in [2.24, 2.45) is 0 Å². The molecule has 2 aromatic rings. The molecule has 0 saturated carbocycles. The lowest BCUT2D eigenvalue weighted by molar-refractivity contribution is 0.836. The van der Waals surface area contributed by atoms with Gasteiger partial charge in [0, 0.05) is 35.3 Å². The van der Waals surface area contributed by atoms with Gasteiger partial charge in [0.2, 0.25) is 0 Å². The van der Waals surface area contributed by atoms with Crippen LogP contribution in [0.5, 0.6) is 0 Å². The molecule has 0 aliphatic carbocycles. The molecule has 0 bridgehead atoms. The minimum absolute atomic E-state index is 0. The molecule has 0 saturated heterocycles. The van der Waals surface area contributed by atoms with Crippen molar-refractivity contribution < 1.29 is 0 Å². The maximum atomic E-state index is 5.75. The van der Waals surface area contributed by atoms with Crippen LogP contribution in [0.3, 0.4) is 0 Å². The van der Waals surface area contributed by atoms with Crippen molar-refractivity contribution in [3.05, 3.63) is 48.5 Å². The SMILES string of the molecule is CC(CNc1cccc(N)c1)Nc1cccc(N)c1.Cl. The van der Waals surface area contributed by atoms with Crippen LogP contribution >= 0.6 is 12.4 Å². The van der Waals surface area contributed by atoms with Crippen molar-refractivity contribution in [3.8, 4) is 0 Å². The molecular formula is C15H21ClN4. The van der Waals surface area contributed by atoms with E-state index in [4.69, 9.17) is 11.5 Å². The first kappa shape index (κ1) is 16.0. The number of hydrogen-bond acceptors (Lipinski definition) is 4. The van der Waals surface area contributed by atoms with Crippen LogP contribution in [0.25, 0.3) is 0 Å². The molecule has 0 heterocycles. The summed E-state index contributed by atoms with van der Waals surface area (Å²) in [6.07, 6.45) is 0. The third kappa shape index (κ3) is 4.90. The number of hydrogen-bond donors (Lipinski definition) is 4. The van der Waals surface area contributed by atoms with E-state index < -0.39 is 0 Å². The van der Waals surface area contributed by atoms with Crippen molar-refractivity contribution in [3.63, 3.8) is 0 Å². The van der Waals surface area contributed by atoms with Gasteiger partial charge in [0.25, 0.3) is 0 Å². The summed E-state index contributed by atoms with van der Waals surface area (Å²) in [7, 11) is 0. The molecular weight excluding hydrogens is 272 g/mol. The number of nitrogens with two attached hydrogens (primary N) is 2. The average Bonchev–Trinajstić information content (AvgIpc) is 2.36. The zero-order chi connectivity index (χ0) is 13.7. The third-order valence-electron chi connectivity index (χ3n) is 2.80. The summed E-state index contributed by atoms with van der Waals surface area (Å²) in [4.78, 5) is 0. The van der Waals surface area contributed by atoms with Crippen LogP contribution in [0.15, 0.2) is 48.5 Å². The third-order valence-corrected chi connectivity index (χ3v) is 2.80. The summed E-state index contributed by atoms with van der Waals surface area (Å²) in [6.45, 7) is 2.92. The molecule has 0 aliphatic rings. The number of nitrogen functional groups attached to an aromatic ring is 2. The summed E-state index contributed by atoms with van der Waals surface area (Å²) in [5.41, 5.74) is 15.1. The van der Waals surface area contributed by atoms with Crippen LogP contribution in [-0.2, 0) is 0 Å². The van der Waals surface area contributed by atoms with Gasteiger partial charge in [-0.3, -0.25) is 0 Å². The van der Waals surface area contributed by atoms with Gasteiger partial charge in [-0.15, -0.1) is 12.4 Å². The molecule has 0 fully saturated rings. The van der Waals surface area contributed by atoms with E-state index in [-0.39, 0.29) is 18.4 Å². The summed E-state index contributed by atoms with van der Waals surface area (Å²) < 4.78 is 0. The highest BCUT2D eigenvalue weighted by Gasteiger charge is 2.02. The minimum atomic E-state index is 0. The lowest BCUT2D eigenvalue weighted by Crippen LogP contribution is -2.24. The molecule has 0 radical (unpaired) electrons. The summed E-state index contributed by atoms with van der Waals surface area (Å²) >= 11 is 0. The Hall–Kier alpha value is -2.07. The molecule has 0 spiro atoms. The maximum absolute atomic E-state index is 5.75. The zero-order valence-corrected chi connectivity index (χ0v) is 12.3. The van der Waals surface area contributed by atoms with Gasteiger partial charge in [0.05, 0.1) is 0 Å². The van der Waals surface area contributed by atoms with E-state index in [2.05, 4.69) is 17.6 Å². The fourth-order valence-electron chi connectivity index (χ4n) is 1.88. The molecule has 20 heavy (non-hydrogen) atoms. The van der Waals surface area contributed by atoms with Crippen LogP contribution < -0.4 is 22.1 Å². The van der Waals surface area contributed by atoms with E-state index in [0.717, 1.165) is 29.3 Å². The van der Waals surface area contributed by atoms with Crippen LogP contribution in [-0.4, -0.2) is 12.6 Å². The Labute approximate surface area is 126 Å². The van der Waals surface area contributed by atoms with Gasteiger partial charge in [0.15, 0.2) is 0 Å². The molecule has 2 aromatic carbocycles. The van der Waals surface area contributed by atoms with E-state index in [0.29, 0.717) is 0 Å². The van der Waals surface area contributed by atoms with E-state index in [1.807, 2.05) is 48.5 Å². The van der Waals surface area contributed by atoms with E-state index in [1.165, 1.54) is 0 Å². The van der Waals surface area contributed by atoms with Gasteiger partial charge in [-0.05, 0) is 43.3 Å². The lowest BCUT2D eigenvalue weighted by Gasteiger charge is -2.17. The molecule has 5 heteroatoms. The van der Waals surface area contributed by atoms with Crippen molar-refractivity contribution >= 4 is 35.2 Å². The topological polar surface area (TPSA) is 76.1 Å². The first-order chi connectivity index (χ1) is 9.13. The monoisotopic (exact) mass is 292 g/mol. The van der Waals surface area contributed by atoms with Gasteiger partial charge in [-0.1, -0.05) is 12.1 Å². The molecule has 0 aliphatic heterocycles. The number of halogens is 1. The Bertz CT molecular complexity index is 545. The molecule has 1 atom stereocenters. The zero-order valence-electron chi connectivity index (χ0n) is 11.5. The van der Waals surface area contributed by atoms with E-state index in [9.17, 15) is 0 Å². The average molecular weight is 293 g/mol. The lowest BCUT2D eigenvalue weighted by atomic mass is 10.2. The van der Waals surface area contributed by atoms with Crippen molar-refractivity contribution in [1.82, 2.24) is 0 Å². The predicted octanol–water partition coefficient (Wildman–Crippen LogP) is 3.19.